The van der Waals surface area contributed by atoms with E-state index in [0.29, 0.717) is 51.9 Å². The molecule has 2 amide bonds. The molecule has 8 rings (SSSR count). The summed E-state index contributed by atoms with van der Waals surface area (Å²) < 4.78 is 66.1. The maximum atomic E-state index is 15.5. The molecule has 22 nitrogen and oxygen atoms in total. The number of pyridine rings is 2. The number of amides is 2. The van der Waals surface area contributed by atoms with Gasteiger partial charge in [0.15, 0.2) is 23.9 Å². The van der Waals surface area contributed by atoms with E-state index in [1.165, 1.54) is 34.9 Å². The number of rotatable bonds is 13. The third-order valence-electron chi connectivity index (χ3n) is 12.7. The third kappa shape index (κ3) is 9.39. The number of anilines is 1. The number of methoxy groups -OCH3 is 1. The normalized spacial score (nSPS) is 22.4. The van der Waals surface area contributed by atoms with Crippen LogP contribution in [0.2, 0.25) is 0 Å². The lowest BCUT2D eigenvalue weighted by molar-refractivity contribution is -0.282. The van der Waals surface area contributed by atoms with Gasteiger partial charge in [-0.2, -0.15) is 0 Å². The number of carbonyl (C=O) groups is 7. The van der Waals surface area contributed by atoms with Crippen LogP contribution in [-0.4, -0.2) is 101 Å². The molecule has 0 spiro atoms. The third-order valence-corrected chi connectivity index (χ3v) is 12.7. The van der Waals surface area contributed by atoms with E-state index < -0.39 is 102 Å². The van der Waals surface area contributed by atoms with E-state index in [0.717, 1.165) is 27.9 Å². The van der Waals surface area contributed by atoms with Crippen molar-refractivity contribution in [3.63, 3.8) is 0 Å². The molecule has 4 aliphatic rings. The molecular formula is C49H49FN4O18. The van der Waals surface area contributed by atoms with E-state index in [4.69, 9.17) is 47.6 Å². The van der Waals surface area contributed by atoms with Crippen molar-refractivity contribution in [1.29, 1.82) is 0 Å². The lowest BCUT2D eigenvalue weighted by Crippen LogP contribution is -2.64. The molecule has 7 atom stereocenters. The average Bonchev–Trinajstić information content (AvgIpc) is 3.71. The fraction of sp³-hybridized carbons (Fsp3) is 0.408. The van der Waals surface area contributed by atoms with Gasteiger partial charge < -0.3 is 57.6 Å². The Morgan fingerprint density at radius 1 is 0.958 bits per heavy atom. The number of cyclic esters (lactones) is 1. The van der Waals surface area contributed by atoms with Crippen LogP contribution in [0, 0.1) is 12.7 Å². The molecular weight excluding hydrogens is 952 g/mol. The van der Waals surface area contributed by atoms with Crippen LogP contribution < -0.4 is 20.9 Å². The minimum absolute atomic E-state index is 0.00409. The molecule has 1 saturated heterocycles. The number of hydrogen-bond acceptors (Lipinski definition) is 19. The highest BCUT2D eigenvalue weighted by Crippen LogP contribution is 2.46. The van der Waals surface area contributed by atoms with E-state index in [1.807, 2.05) is 0 Å². The van der Waals surface area contributed by atoms with Crippen molar-refractivity contribution in [3.8, 4) is 17.1 Å². The van der Waals surface area contributed by atoms with Crippen LogP contribution in [0.3, 0.4) is 0 Å². The number of esters is 5. The van der Waals surface area contributed by atoms with E-state index in [1.54, 1.807) is 19.9 Å². The molecule has 4 aromatic rings. The summed E-state index contributed by atoms with van der Waals surface area (Å²) in [5, 5.41) is 17.4. The number of benzene rings is 2. The van der Waals surface area contributed by atoms with Crippen LogP contribution in [0.5, 0.6) is 5.75 Å². The minimum Gasteiger partial charge on any atom is -0.467 e. The van der Waals surface area contributed by atoms with Crippen LogP contribution in [0.1, 0.15) is 85.5 Å². The number of nitrogens with one attached hydrogen (secondary N) is 2. The SMILES string of the molecule is C=CCOC(=O)Nc1cc(COC(=O)N[C@H]2CCc3c(C)c(F)cc4nc5c(c2c34)Cn2c-5cc3c(c2=O)COC(=O)[C@]3(O)CC)ccc1O[C@@H]1O[C@H](C(=O)OC)[C@@H](OC(C)=O)[C@H](OC(C)=O)[C@H]1OC(C)=O. The van der Waals surface area contributed by atoms with Gasteiger partial charge in [0, 0.05) is 43.4 Å². The number of aryl methyl sites for hydroxylation is 1. The summed E-state index contributed by atoms with van der Waals surface area (Å²) in [5.74, 6) is -5.40. The highest BCUT2D eigenvalue weighted by molar-refractivity contribution is 5.94. The molecule has 72 heavy (non-hydrogen) atoms. The van der Waals surface area contributed by atoms with E-state index in [-0.39, 0.29) is 59.8 Å². The maximum absolute atomic E-state index is 15.5. The number of hydrogen-bond donors (Lipinski definition) is 3. The van der Waals surface area contributed by atoms with Gasteiger partial charge in [0.25, 0.3) is 5.56 Å². The standard InChI is InChI=1S/C49H49FN4O18/c1-8-14-65-47(61)53-32-15-25(10-13-35(32)71-45-42(70-24(6)57)40(69-23(5)56)39(68-22(4)55)41(72-45)44(59)64-7)19-67-48(62)52-31-12-11-26-21(3)30(50)17-33-36(26)37(31)27-18-54-34(38(27)51-33)16-29-28(43(54)58)20-66-46(60)49(29,63)9-2/h8,10,13,15-17,31,39-42,45,63H,1,9,11-12,14,18-20H2,2-7H3,(H,52,62)(H,53,61)/t31-,39-,40-,41-,42+,45+,49-/m0/s1. The van der Waals surface area contributed by atoms with Crippen molar-refractivity contribution in [2.45, 2.75) is 116 Å². The Labute approximate surface area is 408 Å². The summed E-state index contributed by atoms with van der Waals surface area (Å²) in [4.78, 5) is 108. The first-order valence-corrected chi connectivity index (χ1v) is 22.6. The smallest absolute Gasteiger partial charge is 0.412 e. The van der Waals surface area contributed by atoms with Crippen LogP contribution >= 0.6 is 0 Å². The molecule has 0 saturated carbocycles. The maximum Gasteiger partial charge on any atom is 0.412 e. The minimum atomic E-state index is -2.08. The zero-order chi connectivity index (χ0) is 51.9. The summed E-state index contributed by atoms with van der Waals surface area (Å²) >= 11 is 0. The quantitative estimate of drug-likeness (QED) is 0.0844. The van der Waals surface area contributed by atoms with Gasteiger partial charge in [-0.05, 0) is 66.6 Å². The van der Waals surface area contributed by atoms with Gasteiger partial charge in [0.05, 0.1) is 47.9 Å². The molecule has 380 valence electrons. The van der Waals surface area contributed by atoms with Gasteiger partial charge in [-0.25, -0.2) is 28.6 Å². The Kier molecular flexibility index (Phi) is 14.1. The Bertz CT molecular complexity index is 3030. The zero-order valence-corrected chi connectivity index (χ0v) is 39.7. The molecule has 3 aliphatic heterocycles. The van der Waals surface area contributed by atoms with Gasteiger partial charge in [-0.15, -0.1) is 0 Å². The van der Waals surface area contributed by atoms with Gasteiger partial charge in [0.2, 0.25) is 12.4 Å². The summed E-state index contributed by atoms with van der Waals surface area (Å²) in [6.07, 6.45) is -8.65. The first-order chi connectivity index (χ1) is 34.3. The molecule has 1 aliphatic carbocycles. The monoisotopic (exact) mass is 1000 g/mol. The van der Waals surface area contributed by atoms with Gasteiger partial charge >= 0.3 is 42.0 Å². The number of nitrogens with zero attached hydrogens (tertiary/aromatic N) is 2. The Hall–Kier alpha value is -7.92. The van der Waals surface area contributed by atoms with E-state index in [9.17, 15) is 43.5 Å². The summed E-state index contributed by atoms with van der Waals surface area (Å²) in [5.41, 5.74) is 0.896. The van der Waals surface area contributed by atoms with Crippen molar-refractivity contribution in [3.05, 3.63) is 98.1 Å². The predicted octanol–water partition coefficient (Wildman–Crippen LogP) is 4.25. The van der Waals surface area contributed by atoms with Gasteiger partial charge in [0.1, 0.15) is 31.4 Å². The molecule has 5 heterocycles. The molecule has 1 fully saturated rings. The molecule has 0 radical (unpaired) electrons. The first kappa shape index (κ1) is 50.5. The summed E-state index contributed by atoms with van der Waals surface area (Å²) in [7, 11) is 1.02. The Morgan fingerprint density at radius 2 is 1.67 bits per heavy atom. The number of aliphatic hydroxyl groups is 1. The second-order valence-corrected chi connectivity index (χ2v) is 17.3. The highest BCUT2D eigenvalue weighted by Gasteiger charge is 2.56. The van der Waals surface area contributed by atoms with Gasteiger partial charge in [-0.3, -0.25) is 24.5 Å². The van der Waals surface area contributed by atoms with E-state index >= 15 is 4.39 Å². The number of aromatic nitrogens is 2. The predicted molar refractivity (Wildman–Crippen MR) is 243 cm³/mol. The number of alkyl carbamates (subject to hydrolysis) is 1. The van der Waals surface area contributed by atoms with Crippen LogP contribution in [-0.2, 0) is 93.6 Å². The zero-order valence-electron chi connectivity index (χ0n) is 39.7. The Morgan fingerprint density at radius 3 is 2.35 bits per heavy atom. The molecule has 0 bridgehead atoms. The lowest BCUT2D eigenvalue weighted by atomic mass is 9.81. The second kappa shape index (κ2) is 20.1. The molecule has 3 N–H and O–H groups in total. The lowest BCUT2D eigenvalue weighted by Gasteiger charge is -2.43. The fourth-order valence-electron chi connectivity index (χ4n) is 9.48. The largest absolute Gasteiger partial charge is 0.467 e. The van der Waals surface area contributed by atoms with Crippen molar-refractivity contribution in [1.82, 2.24) is 14.9 Å². The second-order valence-electron chi connectivity index (χ2n) is 17.3. The number of carbonyl (C=O) groups excluding carboxylic acids is 7. The summed E-state index contributed by atoms with van der Waals surface area (Å²) in [6, 6.07) is 6.19. The fourth-order valence-corrected chi connectivity index (χ4v) is 9.48. The first-order valence-electron chi connectivity index (χ1n) is 22.6. The van der Waals surface area contributed by atoms with E-state index in [2.05, 4.69) is 17.2 Å². The molecule has 23 heteroatoms. The molecule has 0 unspecified atom stereocenters. The highest BCUT2D eigenvalue weighted by atomic mass is 19.1. The van der Waals surface area contributed by atoms with Crippen molar-refractivity contribution >= 4 is 58.6 Å². The molecule has 2 aromatic carbocycles. The van der Waals surface area contributed by atoms with Crippen LogP contribution in [0.15, 0.2) is 47.8 Å². The number of fused-ring (bicyclic) bond motifs is 5. The van der Waals surface area contributed by atoms with Crippen molar-refractivity contribution in [2.24, 2.45) is 0 Å². The van der Waals surface area contributed by atoms with Crippen LogP contribution in [0.25, 0.3) is 22.3 Å². The average molecular weight is 1000 g/mol. The topological polar surface area (TPSA) is 282 Å². The van der Waals surface area contributed by atoms with Crippen molar-refractivity contribution in [2.75, 3.05) is 19.0 Å². The van der Waals surface area contributed by atoms with Crippen molar-refractivity contribution < 1.29 is 85.7 Å². The van der Waals surface area contributed by atoms with Gasteiger partial charge in [-0.1, -0.05) is 25.6 Å². The summed E-state index contributed by atoms with van der Waals surface area (Å²) in [6.45, 7) is 8.89. The number of ether oxygens (including phenoxy) is 9. The van der Waals surface area contributed by atoms with Crippen LogP contribution in [0.4, 0.5) is 19.7 Å². The number of halogens is 1. The molecule has 2 aromatic heterocycles. The Balaban J connectivity index is 1.09.